The first-order valence-corrected chi connectivity index (χ1v) is 12.3. The lowest BCUT2D eigenvalue weighted by Crippen LogP contribution is -2.18. The SMILES string of the molecule is Cc1ccc(S(=O)(=O)N/N=C\c2cc(C)n(-c3ccc(Oc4ccc([N+](=O)[O-])cn4)cc3)c2C)cc1. The number of nitro groups is 1. The molecule has 1 N–H and O–H groups in total. The van der Waals surface area contributed by atoms with Gasteiger partial charge in [0.25, 0.3) is 15.7 Å². The van der Waals surface area contributed by atoms with Crippen LogP contribution in [-0.2, 0) is 10.0 Å². The van der Waals surface area contributed by atoms with E-state index in [4.69, 9.17) is 4.74 Å². The Balaban J connectivity index is 1.48. The first-order valence-electron chi connectivity index (χ1n) is 10.8. The highest BCUT2D eigenvalue weighted by molar-refractivity contribution is 7.89. The van der Waals surface area contributed by atoms with E-state index in [2.05, 4.69) is 14.9 Å². The van der Waals surface area contributed by atoms with Gasteiger partial charge in [0.05, 0.1) is 16.0 Å². The standard InChI is InChI=1S/C25H23N5O5S/c1-17-4-11-24(12-5-17)36(33,34)28-27-15-20-14-18(2)29(19(20)3)21-6-9-23(10-7-21)35-25-13-8-22(16-26-25)30(31)32/h4-16,28H,1-3H3/b27-15-. The monoisotopic (exact) mass is 505 g/mol. The molecule has 4 aromatic rings. The molecule has 0 atom stereocenters. The lowest BCUT2D eigenvalue weighted by Gasteiger charge is -2.11. The van der Waals surface area contributed by atoms with Gasteiger partial charge in [0, 0.05) is 34.8 Å². The summed E-state index contributed by atoms with van der Waals surface area (Å²) in [4.78, 5) is 16.6. The Bertz CT molecular complexity index is 1530. The number of aromatic nitrogens is 2. The van der Waals surface area contributed by atoms with E-state index >= 15 is 0 Å². The first-order chi connectivity index (χ1) is 17.1. The molecule has 0 aliphatic rings. The predicted octanol–water partition coefficient (Wildman–Crippen LogP) is 4.81. The molecule has 0 amide bonds. The molecule has 11 heteroatoms. The van der Waals surface area contributed by atoms with Crippen molar-refractivity contribution >= 4 is 21.9 Å². The number of rotatable bonds is 8. The number of hydrogen-bond acceptors (Lipinski definition) is 7. The van der Waals surface area contributed by atoms with Crippen molar-refractivity contribution < 1.29 is 18.1 Å². The zero-order chi connectivity index (χ0) is 25.9. The first kappa shape index (κ1) is 24.6. The van der Waals surface area contributed by atoms with Gasteiger partial charge >= 0.3 is 0 Å². The molecular formula is C25H23N5O5S. The third kappa shape index (κ3) is 5.41. The zero-order valence-electron chi connectivity index (χ0n) is 19.7. The summed E-state index contributed by atoms with van der Waals surface area (Å²) in [6.07, 6.45) is 2.61. The Morgan fingerprint density at radius 2 is 1.72 bits per heavy atom. The Hall–Kier alpha value is -4.51. The summed E-state index contributed by atoms with van der Waals surface area (Å²) >= 11 is 0. The molecule has 0 radical (unpaired) electrons. The molecule has 184 valence electrons. The van der Waals surface area contributed by atoms with Crippen LogP contribution in [0, 0.1) is 30.9 Å². The number of nitrogens with one attached hydrogen (secondary N) is 1. The zero-order valence-corrected chi connectivity index (χ0v) is 20.6. The highest BCUT2D eigenvalue weighted by Gasteiger charge is 2.13. The quantitative estimate of drug-likeness (QED) is 0.208. The van der Waals surface area contributed by atoms with Crippen LogP contribution in [0.1, 0.15) is 22.5 Å². The maximum Gasteiger partial charge on any atom is 0.287 e. The van der Waals surface area contributed by atoms with Crippen molar-refractivity contribution in [3.05, 3.63) is 106 Å². The van der Waals surface area contributed by atoms with Crippen molar-refractivity contribution in [1.29, 1.82) is 0 Å². The molecule has 0 aliphatic heterocycles. The summed E-state index contributed by atoms with van der Waals surface area (Å²) < 4.78 is 32.6. The fourth-order valence-electron chi connectivity index (χ4n) is 3.58. The molecule has 0 bridgehead atoms. The van der Waals surface area contributed by atoms with Gasteiger partial charge in [0.1, 0.15) is 11.9 Å². The van der Waals surface area contributed by atoms with E-state index in [-0.39, 0.29) is 16.5 Å². The van der Waals surface area contributed by atoms with Crippen LogP contribution in [-0.4, -0.2) is 29.1 Å². The van der Waals surface area contributed by atoms with Gasteiger partial charge in [-0.2, -0.15) is 13.5 Å². The molecule has 0 fully saturated rings. The van der Waals surface area contributed by atoms with E-state index in [9.17, 15) is 18.5 Å². The van der Waals surface area contributed by atoms with E-state index in [0.29, 0.717) is 5.75 Å². The lowest BCUT2D eigenvalue weighted by atomic mass is 10.2. The molecular weight excluding hydrogens is 482 g/mol. The van der Waals surface area contributed by atoms with Crippen LogP contribution >= 0.6 is 0 Å². The Kier molecular flexibility index (Phi) is 6.84. The molecule has 0 unspecified atom stereocenters. The average molecular weight is 506 g/mol. The summed E-state index contributed by atoms with van der Waals surface area (Å²) in [7, 11) is -3.76. The number of hydrogen-bond donors (Lipinski definition) is 1. The van der Waals surface area contributed by atoms with Gasteiger partial charge in [-0.3, -0.25) is 10.1 Å². The summed E-state index contributed by atoms with van der Waals surface area (Å²) in [5.74, 6) is 0.767. The van der Waals surface area contributed by atoms with Crippen molar-refractivity contribution in [2.24, 2.45) is 5.10 Å². The number of ether oxygens (including phenoxy) is 1. The average Bonchev–Trinajstić information content (AvgIpc) is 3.13. The normalized spacial score (nSPS) is 11.5. The second-order valence-electron chi connectivity index (χ2n) is 8.04. The highest BCUT2D eigenvalue weighted by Crippen LogP contribution is 2.25. The molecule has 0 aliphatic carbocycles. The fraction of sp³-hybridized carbons (Fsp3) is 0.120. The van der Waals surface area contributed by atoms with E-state index in [1.54, 1.807) is 24.3 Å². The second-order valence-corrected chi connectivity index (χ2v) is 9.70. The van der Waals surface area contributed by atoms with Crippen molar-refractivity contribution in [3.63, 3.8) is 0 Å². The Morgan fingerprint density at radius 3 is 2.33 bits per heavy atom. The van der Waals surface area contributed by atoms with Gasteiger partial charge in [-0.25, -0.2) is 9.82 Å². The molecule has 0 saturated heterocycles. The van der Waals surface area contributed by atoms with Crippen LogP contribution < -0.4 is 9.57 Å². The number of hydrazone groups is 1. The van der Waals surface area contributed by atoms with Crippen LogP contribution in [0.2, 0.25) is 0 Å². The molecule has 0 saturated carbocycles. The summed E-state index contributed by atoms with van der Waals surface area (Å²) in [5, 5.41) is 14.7. The topological polar surface area (TPSA) is 129 Å². The van der Waals surface area contributed by atoms with Crippen LogP contribution in [0.3, 0.4) is 0 Å². The molecule has 10 nitrogen and oxygen atoms in total. The van der Waals surface area contributed by atoms with Crippen molar-refractivity contribution in [2.45, 2.75) is 25.7 Å². The summed E-state index contributed by atoms with van der Waals surface area (Å²) in [6, 6.07) is 18.4. The molecule has 2 aromatic heterocycles. The Labute approximate surface area is 208 Å². The van der Waals surface area contributed by atoms with E-state index in [1.807, 2.05) is 43.5 Å². The number of pyridine rings is 1. The van der Waals surface area contributed by atoms with E-state index < -0.39 is 14.9 Å². The fourth-order valence-corrected chi connectivity index (χ4v) is 4.37. The maximum absolute atomic E-state index is 12.4. The van der Waals surface area contributed by atoms with Crippen LogP contribution in [0.15, 0.2) is 82.9 Å². The summed E-state index contributed by atoms with van der Waals surface area (Å²) in [6.45, 7) is 5.73. The van der Waals surface area contributed by atoms with Gasteiger partial charge in [-0.15, -0.1) is 0 Å². The molecule has 2 aromatic carbocycles. The largest absolute Gasteiger partial charge is 0.439 e. The third-order valence-electron chi connectivity index (χ3n) is 5.43. The number of benzene rings is 2. The highest BCUT2D eigenvalue weighted by atomic mass is 32.2. The molecule has 0 spiro atoms. The van der Waals surface area contributed by atoms with Gasteiger partial charge in [0.2, 0.25) is 5.88 Å². The minimum Gasteiger partial charge on any atom is -0.439 e. The Morgan fingerprint density at radius 1 is 1.03 bits per heavy atom. The van der Waals surface area contributed by atoms with E-state index in [0.717, 1.165) is 34.4 Å². The number of nitrogens with zero attached hydrogens (tertiary/aromatic N) is 4. The van der Waals surface area contributed by atoms with Crippen LogP contribution in [0.25, 0.3) is 5.69 Å². The van der Waals surface area contributed by atoms with Crippen LogP contribution in [0.4, 0.5) is 5.69 Å². The van der Waals surface area contributed by atoms with Gasteiger partial charge in [-0.1, -0.05) is 17.7 Å². The minimum absolute atomic E-state index is 0.112. The lowest BCUT2D eigenvalue weighted by molar-refractivity contribution is -0.385. The maximum atomic E-state index is 12.4. The number of sulfonamides is 1. The molecule has 4 rings (SSSR count). The van der Waals surface area contributed by atoms with Gasteiger partial charge in [-0.05, 0) is 63.2 Å². The number of aryl methyl sites for hydroxylation is 2. The molecule has 2 heterocycles. The van der Waals surface area contributed by atoms with Crippen molar-refractivity contribution in [2.75, 3.05) is 0 Å². The summed E-state index contributed by atoms with van der Waals surface area (Å²) in [5.41, 5.74) is 4.28. The van der Waals surface area contributed by atoms with Crippen molar-refractivity contribution in [1.82, 2.24) is 14.4 Å². The smallest absolute Gasteiger partial charge is 0.287 e. The van der Waals surface area contributed by atoms with Gasteiger partial charge < -0.3 is 9.30 Å². The molecule has 36 heavy (non-hydrogen) atoms. The third-order valence-corrected chi connectivity index (χ3v) is 6.67. The minimum atomic E-state index is -3.76. The van der Waals surface area contributed by atoms with Crippen LogP contribution in [0.5, 0.6) is 11.6 Å². The predicted molar refractivity (Wildman–Crippen MR) is 135 cm³/mol. The van der Waals surface area contributed by atoms with E-state index in [1.165, 1.54) is 30.5 Å². The second kappa shape index (κ2) is 10.0. The van der Waals surface area contributed by atoms with Gasteiger partial charge in [0.15, 0.2) is 0 Å². The van der Waals surface area contributed by atoms with Crippen molar-refractivity contribution in [3.8, 4) is 17.3 Å².